The van der Waals surface area contributed by atoms with Gasteiger partial charge < -0.3 is 24.7 Å². The van der Waals surface area contributed by atoms with E-state index in [9.17, 15) is 19.8 Å². The van der Waals surface area contributed by atoms with Crippen molar-refractivity contribution in [3.05, 3.63) is 0 Å². The van der Waals surface area contributed by atoms with Gasteiger partial charge in [-0.2, -0.15) is 0 Å². The summed E-state index contributed by atoms with van der Waals surface area (Å²) in [4.78, 5) is 26.6. The fourth-order valence-corrected chi connectivity index (χ4v) is 2.96. The molecule has 0 aromatic heterocycles. The molecule has 2 aliphatic rings. The molecule has 7 heteroatoms. The molecule has 0 aliphatic carbocycles. The largest absolute Gasteiger partial charge is 0.481 e. The number of aliphatic carboxylic acids is 1. The van der Waals surface area contributed by atoms with Gasteiger partial charge in [-0.25, -0.2) is 4.79 Å². The van der Waals surface area contributed by atoms with Gasteiger partial charge >= 0.3 is 12.0 Å². The molecule has 120 valence electrons. The van der Waals surface area contributed by atoms with Crippen molar-refractivity contribution in [2.24, 2.45) is 5.41 Å². The Hall–Kier alpha value is -1.34. The second kappa shape index (κ2) is 5.81. The summed E-state index contributed by atoms with van der Waals surface area (Å²) in [6.45, 7) is 3.56. The van der Waals surface area contributed by atoms with Gasteiger partial charge in [0, 0.05) is 46.2 Å². The Morgan fingerprint density at radius 1 is 1.29 bits per heavy atom. The average Bonchev–Trinajstić information content (AvgIpc) is 2.82. The first kappa shape index (κ1) is 16.0. The molecular formula is C14H24N2O5. The molecule has 2 aliphatic heterocycles. The Bertz CT molecular complexity index is 422. The number of carbonyl (C=O) groups excluding carboxylic acids is 1. The van der Waals surface area contributed by atoms with Gasteiger partial charge in [0.05, 0.1) is 17.6 Å². The van der Waals surface area contributed by atoms with Crippen LogP contribution in [-0.4, -0.2) is 77.5 Å². The van der Waals surface area contributed by atoms with Gasteiger partial charge in [0.25, 0.3) is 0 Å². The van der Waals surface area contributed by atoms with Crippen LogP contribution in [0.5, 0.6) is 0 Å². The summed E-state index contributed by atoms with van der Waals surface area (Å²) in [6.07, 6.45) is 1.48. The van der Waals surface area contributed by atoms with Crippen LogP contribution in [0.2, 0.25) is 0 Å². The van der Waals surface area contributed by atoms with Gasteiger partial charge in [-0.1, -0.05) is 0 Å². The number of urea groups is 1. The van der Waals surface area contributed by atoms with Crippen LogP contribution in [0.15, 0.2) is 0 Å². The summed E-state index contributed by atoms with van der Waals surface area (Å²) >= 11 is 0. The lowest BCUT2D eigenvalue weighted by molar-refractivity contribution is -0.147. The van der Waals surface area contributed by atoms with Crippen molar-refractivity contribution in [1.29, 1.82) is 0 Å². The summed E-state index contributed by atoms with van der Waals surface area (Å²) < 4.78 is 5.22. The zero-order valence-corrected chi connectivity index (χ0v) is 12.7. The molecule has 2 amide bonds. The molecule has 2 saturated heterocycles. The van der Waals surface area contributed by atoms with Crippen LogP contribution in [0.4, 0.5) is 4.79 Å². The predicted molar refractivity (Wildman–Crippen MR) is 75.0 cm³/mol. The van der Waals surface area contributed by atoms with Crippen molar-refractivity contribution in [3.8, 4) is 0 Å². The zero-order valence-electron chi connectivity index (χ0n) is 12.7. The Morgan fingerprint density at radius 2 is 1.90 bits per heavy atom. The van der Waals surface area contributed by atoms with Gasteiger partial charge in [-0.15, -0.1) is 0 Å². The average molecular weight is 300 g/mol. The van der Waals surface area contributed by atoms with Crippen molar-refractivity contribution in [1.82, 2.24) is 9.80 Å². The number of ether oxygens (including phenoxy) is 1. The number of hydrogen-bond donors (Lipinski definition) is 2. The molecule has 7 nitrogen and oxygen atoms in total. The van der Waals surface area contributed by atoms with Crippen LogP contribution in [-0.2, 0) is 9.53 Å². The summed E-state index contributed by atoms with van der Waals surface area (Å²) in [7, 11) is 1.65. The second-order valence-electron chi connectivity index (χ2n) is 6.51. The molecule has 2 fully saturated rings. The Kier molecular flexibility index (Phi) is 4.43. The summed E-state index contributed by atoms with van der Waals surface area (Å²) in [5, 5.41) is 19.6. The summed E-state index contributed by atoms with van der Waals surface area (Å²) in [5.74, 6) is -0.872. The molecular weight excluding hydrogens is 276 g/mol. The number of hydrogen-bond acceptors (Lipinski definition) is 4. The molecule has 21 heavy (non-hydrogen) atoms. The van der Waals surface area contributed by atoms with Crippen molar-refractivity contribution in [3.63, 3.8) is 0 Å². The molecule has 2 rings (SSSR count). The molecule has 1 unspecified atom stereocenters. The lowest BCUT2D eigenvalue weighted by atomic mass is 9.90. The quantitative estimate of drug-likeness (QED) is 0.786. The van der Waals surface area contributed by atoms with E-state index in [2.05, 4.69) is 0 Å². The minimum atomic E-state index is -0.904. The topological polar surface area (TPSA) is 90.3 Å². The van der Waals surface area contributed by atoms with Crippen molar-refractivity contribution >= 4 is 12.0 Å². The smallest absolute Gasteiger partial charge is 0.319 e. The molecule has 0 radical (unpaired) electrons. The van der Waals surface area contributed by atoms with Crippen LogP contribution in [0.25, 0.3) is 0 Å². The van der Waals surface area contributed by atoms with Crippen molar-refractivity contribution in [2.45, 2.75) is 31.8 Å². The Balaban J connectivity index is 1.93. The van der Waals surface area contributed by atoms with Gasteiger partial charge in [0.1, 0.15) is 0 Å². The number of amides is 2. The van der Waals surface area contributed by atoms with E-state index in [0.717, 1.165) is 0 Å². The number of carboxylic acids is 1. The van der Waals surface area contributed by atoms with Crippen molar-refractivity contribution < 1.29 is 24.5 Å². The zero-order chi connectivity index (χ0) is 15.7. The Labute approximate surface area is 124 Å². The maximum atomic E-state index is 12.4. The van der Waals surface area contributed by atoms with Gasteiger partial charge in [-0.3, -0.25) is 4.79 Å². The van der Waals surface area contributed by atoms with Crippen LogP contribution in [0, 0.1) is 5.41 Å². The summed E-state index contributed by atoms with van der Waals surface area (Å²) in [5.41, 5.74) is -1.77. The standard InChI is InChI=1S/C14H24N2O5/c1-13(11(17)18)3-6-16(9-13)12(19)15(2)10-14(20)4-7-21-8-5-14/h20H,3-10H2,1-2H3,(H,17,18). The molecule has 1 atom stereocenters. The number of likely N-dealkylation sites (tertiary alicyclic amines) is 1. The molecule has 0 spiro atoms. The van der Waals surface area contributed by atoms with Crippen LogP contribution < -0.4 is 0 Å². The van der Waals surface area contributed by atoms with E-state index in [1.807, 2.05) is 0 Å². The van der Waals surface area contributed by atoms with E-state index in [-0.39, 0.29) is 19.1 Å². The van der Waals surface area contributed by atoms with Gasteiger partial charge in [0.2, 0.25) is 0 Å². The molecule has 0 bridgehead atoms. The fourth-order valence-electron chi connectivity index (χ4n) is 2.96. The summed E-state index contributed by atoms with van der Waals surface area (Å²) in [6, 6.07) is -0.222. The first-order valence-corrected chi connectivity index (χ1v) is 7.29. The number of likely N-dealkylation sites (N-methyl/N-ethyl adjacent to an activating group) is 1. The normalized spacial score (nSPS) is 28.4. The Morgan fingerprint density at radius 3 is 2.43 bits per heavy atom. The van der Waals surface area contributed by atoms with Crippen LogP contribution in [0.1, 0.15) is 26.2 Å². The molecule has 0 saturated carbocycles. The maximum absolute atomic E-state index is 12.4. The number of carbonyl (C=O) groups is 2. The number of rotatable bonds is 3. The third kappa shape index (κ3) is 3.47. The van der Waals surface area contributed by atoms with E-state index in [1.165, 1.54) is 4.90 Å². The number of aliphatic hydroxyl groups is 1. The highest BCUT2D eigenvalue weighted by molar-refractivity contribution is 5.79. The molecule has 2 heterocycles. The molecule has 2 N–H and O–H groups in total. The maximum Gasteiger partial charge on any atom is 0.319 e. The van der Waals surface area contributed by atoms with E-state index in [1.54, 1.807) is 18.9 Å². The highest BCUT2D eigenvalue weighted by Crippen LogP contribution is 2.31. The first-order chi connectivity index (χ1) is 9.76. The number of nitrogens with zero attached hydrogens (tertiary/aromatic N) is 2. The highest BCUT2D eigenvalue weighted by Gasteiger charge is 2.43. The third-order valence-electron chi connectivity index (χ3n) is 4.54. The SMILES string of the molecule is CN(CC1(O)CCOCC1)C(=O)N1CCC(C)(C(=O)O)C1. The fraction of sp³-hybridized carbons (Fsp3) is 0.857. The van der Waals surface area contributed by atoms with E-state index >= 15 is 0 Å². The lowest BCUT2D eigenvalue weighted by Gasteiger charge is -2.36. The van der Waals surface area contributed by atoms with Crippen LogP contribution >= 0.6 is 0 Å². The van der Waals surface area contributed by atoms with E-state index < -0.39 is 17.0 Å². The number of carboxylic acid groups (broad SMARTS) is 1. The second-order valence-corrected chi connectivity index (χ2v) is 6.51. The molecule has 0 aromatic rings. The molecule has 0 aromatic carbocycles. The highest BCUT2D eigenvalue weighted by atomic mass is 16.5. The predicted octanol–water partition coefficient (Wildman–Crippen LogP) is 0.376. The van der Waals surface area contributed by atoms with Crippen molar-refractivity contribution in [2.75, 3.05) is 39.9 Å². The lowest BCUT2D eigenvalue weighted by Crippen LogP contribution is -2.50. The third-order valence-corrected chi connectivity index (χ3v) is 4.54. The van der Waals surface area contributed by atoms with E-state index in [4.69, 9.17) is 4.74 Å². The minimum Gasteiger partial charge on any atom is -0.481 e. The van der Waals surface area contributed by atoms with E-state index in [0.29, 0.717) is 39.0 Å². The van der Waals surface area contributed by atoms with Gasteiger partial charge in [0.15, 0.2) is 0 Å². The minimum absolute atomic E-state index is 0.215. The van der Waals surface area contributed by atoms with Gasteiger partial charge in [-0.05, 0) is 13.3 Å². The first-order valence-electron chi connectivity index (χ1n) is 7.29. The monoisotopic (exact) mass is 300 g/mol. The van der Waals surface area contributed by atoms with Crippen LogP contribution in [0.3, 0.4) is 0 Å².